The fraction of sp³-hybridized carbons (Fsp3) is 0.429. The number of rotatable bonds is 4. The van der Waals surface area contributed by atoms with Crippen LogP contribution in [0.15, 0.2) is 24.4 Å². The van der Waals surface area contributed by atoms with Crippen molar-refractivity contribution in [2.24, 2.45) is 11.7 Å². The van der Waals surface area contributed by atoms with Gasteiger partial charge in [-0.05, 0) is 30.9 Å². The molecule has 106 valence electrons. The van der Waals surface area contributed by atoms with Crippen molar-refractivity contribution < 1.29 is 14.4 Å². The molecule has 1 aromatic heterocycles. The number of hydrogen-bond donors (Lipinski definition) is 2. The third-order valence-corrected chi connectivity index (χ3v) is 3.48. The maximum atomic E-state index is 12.0. The normalized spacial score (nSPS) is 20.2. The van der Waals surface area contributed by atoms with Crippen molar-refractivity contribution in [3.8, 4) is 0 Å². The lowest BCUT2D eigenvalue weighted by molar-refractivity contribution is -0.124. The first-order chi connectivity index (χ1) is 9.58. The summed E-state index contributed by atoms with van der Waals surface area (Å²) in [5, 5.41) is 2.59. The number of primary amides is 1. The number of pyridine rings is 1. The fourth-order valence-corrected chi connectivity index (χ4v) is 2.48. The molecule has 3 N–H and O–H groups in total. The number of ketones is 1. The van der Waals surface area contributed by atoms with E-state index in [0.29, 0.717) is 12.8 Å². The van der Waals surface area contributed by atoms with Crippen LogP contribution in [0.1, 0.15) is 36.2 Å². The van der Waals surface area contributed by atoms with Crippen LogP contribution in [-0.2, 0) is 9.59 Å². The van der Waals surface area contributed by atoms with Gasteiger partial charge in [-0.3, -0.25) is 19.4 Å². The van der Waals surface area contributed by atoms with E-state index in [1.54, 1.807) is 18.2 Å². The number of carbonyl (C=O) groups excluding carboxylic acids is 3. The lowest BCUT2D eigenvalue weighted by atomic mass is 9.83. The summed E-state index contributed by atoms with van der Waals surface area (Å²) in [5.74, 6) is -1.18. The zero-order valence-corrected chi connectivity index (χ0v) is 11.0. The number of nitrogens with one attached hydrogen (secondary N) is 1. The van der Waals surface area contributed by atoms with Gasteiger partial charge in [0.25, 0.3) is 5.91 Å². The third kappa shape index (κ3) is 3.40. The van der Waals surface area contributed by atoms with E-state index < -0.39 is 17.9 Å². The molecule has 1 saturated carbocycles. The minimum atomic E-state index is -0.825. The Morgan fingerprint density at radius 1 is 1.40 bits per heavy atom. The van der Waals surface area contributed by atoms with Gasteiger partial charge in [0.15, 0.2) is 0 Å². The second kappa shape index (κ2) is 6.27. The molecule has 2 atom stereocenters. The van der Waals surface area contributed by atoms with Crippen LogP contribution in [0.25, 0.3) is 0 Å². The predicted octanol–water partition coefficient (Wildman–Crippen LogP) is 0.425. The fourth-order valence-electron chi connectivity index (χ4n) is 2.48. The predicted molar refractivity (Wildman–Crippen MR) is 71.7 cm³/mol. The molecule has 0 aromatic carbocycles. The first-order valence-corrected chi connectivity index (χ1v) is 6.61. The number of nitrogens with two attached hydrogens (primary N) is 1. The van der Waals surface area contributed by atoms with Gasteiger partial charge >= 0.3 is 0 Å². The average molecular weight is 275 g/mol. The van der Waals surface area contributed by atoms with Gasteiger partial charge in [0.1, 0.15) is 17.5 Å². The van der Waals surface area contributed by atoms with Gasteiger partial charge < -0.3 is 11.1 Å². The van der Waals surface area contributed by atoms with Crippen LogP contribution in [0.2, 0.25) is 0 Å². The van der Waals surface area contributed by atoms with Gasteiger partial charge in [-0.2, -0.15) is 0 Å². The Bertz CT molecular complexity index is 516. The zero-order valence-electron chi connectivity index (χ0n) is 11.0. The molecule has 6 nitrogen and oxygen atoms in total. The van der Waals surface area contributed by atoms with E-state index in [4.69, 9.17) is 5.73 Å². The van der Waals surface area contributed by atoms with Crippen LogP contribution in [0.4, 0.5) is 0 Å². The minimum Gasteiger partial charge on any atom is -0.368 e. The molecular weight excluding hydrogens is 258 g/mol. The van der Waals surface area contributed by atoms with Gasteiger partial charge in [0, 0.05) is 19.0 Å². The van der Waals surface area contributed by atoms with Crippen molar-refractivity contribution >= 4 is 17.6 Å². The summed E-state index contributed by atoms with van der Waals surface area (Å²) in [4.78, 5) is 39.0. The summed E-state index contributed by atoms with van der Waals surface area (Å²) in [5.41, 5.74) is 5.58. The molecule has 6 heteroatoms. The molecule has 0 bridgehead atoms. The van der Waals surface area contributed by atoms with Crippen LogP contribution in [-0.4, -0.2) is 28.6 Å². The van der Waals surface area contributed by atoms with E-state index in [9.17, 15) is 14.4 Å². The van der Waals surface area contributed by atoms with Crippen molar-refractivity contribution in [1.29, 1.82) is 0 Å². The van der Waals surface area contributed by atoms with Crippen LogP contribution in [0, 0.1) is 5.92 Å². The highest BCUT2D eigenvalue weighted by molar-refractivity contribution is 5.96. The summed E-state index contributed by atoms with van der Waals surface area (Å²) < 4.78 is 0. The highest BCUT2D eigenvalue weighted by Gasteiger charge is 2.32. The van der Waals surface area contributed by atoms with E-state index in [0.717, 1.165) is 6.42 Å². The second-order valence-electron chi connectivity index (χ2n) is 4.96. The van der Waals surface area contributed by atoms with E-state index in [-0.39, 0.29) is 23.8 Å². The summed E-state index contributed by atoms with van der Waals surface area (Å²) in [6.07, 6.45) is 3.76. The Morgan fingerprint density at radius 2 is 2.20 bits per heavy atom. The molecule has 1 heterocycles. The summed E-state index contributed by atoms with van der Waals surface area (Å²) in [7, 11) is 0. The number of amides is 2. The molecule has 0 spiro atoms. The van der Waals surface area contributed by atoms with Crippen LogP contribution >= 0.6 is 0 Å². The maximum Gasteiger partial charge on any atom is 0.270 e. The van der Waals surface area contributed by atoms with Crippen molar-refractivity contribution in [3.05, 3.63) is 30.1 Å². The summed E-state index contributed by atoms with van der Waals surface area (Å²) in [6, 6.07) is 4.11. The Balaban J connectivity index is 2.08. The standard InChI is InChI=1S/C14H17N3O3/c15-13(19)12(9-4-3-5-10(18)8-9)17-14(20)11-6-1-2-7-16-11/h1-2,6-7,9,12H,3-5,8H2,(H2,15,19)(H,17,20)/t9-,12-/m0/s1. The Labute approximate surface area is 116 Å². The van der Waals surface area contributed by atoms with Crippen LogP contribution in [0.5, 0.6) is 0 Å². The molecule has 1 fully saturated rings. The highest BCUT2D eigenvalue weighted by Crippen LogP contribution is 2.24. The van der Waals surface area contributed by atoms with Crippen molar-refractivity contribution in [1.82, 2.24) is 10.3 Å². The Morgan fingerprint density at radius 3 is 2.80 bits per heavy atom. The lowest BCUT2D eigenvalue weighted by Gasteiger charge is -2.27. The molecule has 1 aliphatic carbocycles. The molecule has 1 aliphatic rings. The number of Topliss-reactive ketones (excluding diaryl/α,β-unsaturated/α-hetero) is 1. The number of nitrogens with zero attached hydrogens (tertiary/aromatic N) is 1. The smallest absolute Gasteiger partial charge is 0.270 e. The first kappa shape index (κ1) is 14.2. The van der Waals surface area contributed by atoms with Crippen LogP contribution < -0.4 is 11.1 Å². The van der Waals surface area contributed by atoms with Gasteiger partial charge in [-0.25, -0.2) is 0 Å². The average Bonchev–Trinajstić information content (AvgIpc) is 2.45. The molecule has 20 heavy (non-hydrogen) atoms. The minimum absolute atomic E-state index is 0.111. The van der Waals surface area contributed by atoms with Crippen molar-refractivity contribution in [3.63, 3.8) is 0 Å². The second-order valence-corrected chi connectivity index (χ2v) is 4.96. The molecule has 0 unspecified atom stereocenters. The summed E-state index contributed by atoms with van der Waals surface area (Å²) >= 11 is 0. The molecule has 0 aliphatic heterocycles. The SMILES string of the molecule is NC(=O)[C@@H](NC(=O)c1ccccn1)[C@H]1CCCC(=O)C1. The van der Waals surface area contributed by atoms with Crippen LogP contribution in [0.3, 0.4) is 0 Å². The zero-order chi connectivity index (χ0) is 14.5. The van der Waals surface area contributed by atoms with Crippen molar-refractivity contribution in [2.75, 3.05) is 0 Å². The molecule has 2 rings (SSSR count). The maximum absolute atomic E-state index is 12.0. The van der Waals surface area contributed by atoms with E-state index in [1.165, 1.54) is 6.20 Å². The van der Waals surface area contributed by atoms with Gasteiger partial charge in [-0.15, -0.1) is 0 Å². The quantitative estimate of drug-likeness (QED) is 0.831. The van der Waals surface area contributed by atoms with Gasteiger partial charge in [0.2, 0.25) is 5.91 Å². The van der Waals surface area contributed by atoms with E-state index in [1.807, 2.05) is 0 Å². The summed E-state index contributed by atoms with van der Waals surface area (Å²) in [6.45, 7) is 0. The molecular formula is C14H17N3O3. The Hall–Kier alpha value is -2.24. The van der Waals surface area contributed by atoms with Gasteiger partial charge in [0.05, 0.1) is 0 Å². The van der Waals surface area contributed by atoms with E-state index >= 15 is 0 Å². The topological polar surface area (TPSA) is 102 Å². The van der Waals surface area contributed by atoms with Gasteiger partial charge in [-0.1, -0.05) is 6.07 Å². The molecule has 2 amide bonds. The first-order valence-electron chi connectivity index (χ1n) is 6.61. The number of carbonyl (C=O) groups is 3. The number of aromatic nitrogens is 1. The highest BCUT2D eigenvalue weighted by atomic mass is 16.2. The largest absolute Gasteiger partial charge is 0.368 e. The molecule has 1 aromatic rings. The van der Waals surface area contributed by atoms with Crippen molar-refractivity contribution in [2.45, 2.75) is 31.7 Å². The monoisotopic (exact) mass is 275 g/mol. The number of hydrogen-bond acceptors (Lipinski definition) is 4. The van der Waals surface area contributed by atoms with E-state index in [2.05, 4.69) is 10.3 Å². The Kier molecular flexibility index (Phi) is 4.45. The molecule has 0 radical (unpaired) electrons. The molecule has 0 saturated heterocycles. The third-order valence-electron chi connectivity index (χ3n) is 3.48. The lowest BCUT2D eigenvalue weighted by Crippen LogP contribution is -2.50.